The molecule has 2 amide bonds. The van der Waals surface area contributed by atoms with E-state index in [1.807, 2.05) is 15.8 Å². The van der Waals surface area contributed by atoms with Crippen molar-refractivity contribution in [3.8, 4) is 0 Å². The first-order chi connectivity index (χ1) is 12.6. The number of hydrogen-bond donors (Lipinski definition) is 0. The predicted molar refractivity (Wildman–Crippen MR) is 98.3 cm³/mol. The Labute approximate surface area is 155 Å². The van der Waals surface area contributed by atoms with E-state index < -0.39 is 0 Å². The van der Waals surface area contributed by atoms with Gasteiger partial charge in [0.2, 0.25) is 11.8 Å². The summed E-state index contributed by atoms with van der Waals surface area (Å²) in [6.45, 7) is 6.28. The lowest BCUT2D eigenvalue weighted by Crippen LogP contribution is -2.47. The summed E-state index contributed by atoms with van der Waals surface area (Å²) in [6.07, 6.45) is 9.91. The van der Waals surface area contributed by atoms with Gasteiger partial charge in [0.25, 0.3) is 0 Å². The van der Waals surface area contributed by atoms with Crippen molar-refractivity contribution in [2.24, 2.45) is 17.8 Å². The van der Waals surface area contributed by atoms with Crippen LogP contribution in [0.5, 0.6) is 0 Å². The Morgan fingerprint density at radius 1 is 0.923 bits per heavy atom. The van der Waals surface area contributed by atoms with Crippen LogP contribution in [0.25, 0.3) is 0 Å². The first-order valence-corrected chi connectivity index (χ1v) is 10.2. The molecule has 3 fully saturated rings. The van der Waals surface area contributed by atoms with Crippen molar-refractivity contribution < 1.29 is 9.59 Å². The molecule has 1 aliphatic carbocycles. The summed E-state index contributed by atoms with van der Waals surface area (Å²) >= 11 is 0. The van der Waals surface area contributed by atoms with Crippen molar-refractivity contribution in [3.05, 3.63) is 18.0 Å². The highest BCUT2D eigenvalue weighted by Gasteiger charge is 2.37. The zero-order valence-electron chi connectivity index (χ0n) is 15.8. The van der Waals surface area contributed by atoms with Crippen LogP contribution in [0, 0.1) is 24.7 Å². The maximum atomic E-state index is 12.8. The van der Waals surface area contributed by atoms with Gasteiger partial charge in [0, 0.05) is 50.8 Å². The minimum Gasteiger partial charge on any atom is -0.342 e. The average molecular weight is 358 g/mol. The second kappa shape index (κ2) is 7.41. The zero-order valence-corrected chi connectivity index (χ0v) is 15.8. The van der Waals surface area contributed by atoms with Gasteiger partial charge in [-0.2, -0.15) is 5.10 Å². The monoisotopic (exact) mass is 358 g/mol. The smallest absolute Gasteiger partial charge is 0.225 e. The standard InChI is InChI=1S/C20H30N4O2/c1-15-12-21-24(13-15)14-16-4-8-22(9-5-16)20(26)18-6-10-23(11-7-18)19(25)17-2-3-17/h12-13,16-18H,2-11,14H2,1H3. The van der Waals surface area contributed by atoms with Crippen LogP contribution in [0.1, 0.15) is 44.1 Å². The average Bonchev–Trinajstić information content (AvgIpc) is 3.44. The van der Waals surface area contributed by atoms with Gasteiger partial charge in [0.15, 0.2) is 0 Å². The summed E-state index contributed by atoms with van der Waals surface area (Å²) in [5.74, 6) is 1.65. The van der Waals surface area contributed by atoms with Crippen LogP contribution in [0.2, 0.25) is 0 Å². The quantitative estimate of drug-likeness (QED) is 0.828. The third-order valence-corrected chi connectivity index (χ3v) is 6.22. The molecule has 0 radical (unpaired) electrons. The molecule has 3 aliphatic rings. The summed E-state index contributed by atoms with van der Waals surface area (Å²) in [6, 6.07) is 0. The van der Waals surface area contributed by atoms with Gasteiger partial charge in [-0.25, -0.2) is 0 Å². The highest BCUT2D eigenvalue weighted by atomic mass is 16.2. The van der Waals surface area contributed by atoms with E-state index in [2.05, 4.69) is 23.1 Å². The molecule has 0 atom stereocenters. The summed E-state index contributed by atoms with van der Waals surface area (Å²) in [7, 11) is 0. The van der Waals surface area contributed by atoms with Crippen molar-refractivity contribution in [2.75, 3.05) is 26.2 Å². The first kappa shape index (κ1) is 17.6. The lowest BCUT2D eigenvalue weighted by atomic mass is 9.92. The molecule has 4 rings (SSSR count). The largest absolute Gasteiger partial charge is 0.342 e. The Kier molecular flexibility index (Phi) is 5.00. The van der Waals surface area contributed by atoms with Crippen LogP contribution >= 0.6 is 0 Å². The van der Waals surface area contributed by atoms with E-state index in [-0.39, 0.29) is 5.92 Å². The minimum absolute atomic E-state index is 0.114. The number of amides is 2. The fourth-order valence-corrected chi connectivity index (χ4v) is 4.36. The Hall–Kier alpha value is -1.85. The lowest BCUT2D eigenvalue weighted by Gasteiger charge is -2.37. The van der Waals surface area contributed by atoms with Crippen LogP contribution in [0.4, 0.5) is 0 Å². The molecule has 0 spiro atoms. The molecule has 0 aromatic carbocycles. The second-order valence-corrected chi connectivity index (χ2v) is 8.38. The van der Waals surface area contributed by atoms with Gasteiger partial charge in [0.1, 0.15) is 0 Å². The number of carbonyl (C=O) groups is 2. The Morgan fingerprint density at radius 2 is 1.46 bits per heavy atom. The van der Waals surface area contributed by atoms with Crippen molar-refractivity contribution in [2.45, 2.75) is 52.0 Å². The molecule has 1 aromatic rings. The zero-order chi connectivity index (χ0) is 18.1. The molecule has 2 aliphatic heterocycles. The van der Waals surface area contributed by atoms with Crippen LogP contribution < -0.4 is 0 Å². The maximum Gasteiger partial charge on any atom is 0.225 e. The lowest BCUT2D eigenvalue weighted by molar-refractivity contribution is -0.142. The minimum atomic E-state index is 0.114. The molecule has 142 valence electrons. The molecule has 26 heavy (non-hydrogen) atoms. The summed E-state index contributed by atoms with van der Waals surface area (Å²) in [5.41, 5.74) is 1.20. The number of hydrogen-bond acceptors (Lipinski definition) is 3. The van der Waals surface area contributed by atoms with Crippen LogP contribution in [-0.4, -0.2) is 57.6 Å². The highest BCUT2D eigenvalue weighted by molar-refractivity contribution is 5.82. The fourth-order valence-electron chi connectivity index (χ4n) is 4.36. The predicted octanol–water partition coefficient (Wildman–Crippen LogP) is 2.08. The molecule has 1 aromatic heterocycles. The van der Waals surface area contributed by atoms with Gasteiger partial charge >= 0.3 is 0 Å². The number of carbonyl (C=O) groups excluding carboxylic acids is 2. The van der Waals surface area contributed by atoms with Crippen LogP contribution in [0.15, 0.2) is 12.4 Å². The van der Waals surface area contributed by atoms with Crippen molar-refractivity contribution in [1.82, 2.24) is 19.6 Å². The van der Waals surface area contributed by atoms with Gasteiger partial charge < -0.3 is 9.80 Å². The van der Waals surface area contributed by atoms with E-state index in [0.29, 0.717) is 23.7 Å². The van der Waals surface area contributed by atoms with Gasteiger partial charge in [-0.1, -0.05) is 0 Å². The van der Waals surface area contributed by atoms with Crippen molar-refractivity contribution >= 4 is 11.8 Å². The van der Waals surface area contributed by atoms with Crippen LogP contribution in [0.3, 0.4) is 0 Å². The molecule has 0 bridgehead atoms. The topological polar surface area (TPSA) is 58.4 Å². The van der Waals surface area contributed by atoms with Gasteiger partial charge in [-0.05, 0) is 56.9 Å². The third-order valence-electron chi connectivity index (χ3n) is 6.22. The molecule has 2 saturated heterocycles. The molecule has 3 heterocycles. The number of rotatable bonds is 4. The SMILES string of the molecule is Cc1cnn(CC2CCN(C(=O)C3CCN(C(=O)C4CC4)CC3)CC2)c1. The number of piperidine rings is 2. The molecular formula is C20H30N4O2. The van der Waals surface area contributed by atoms with Gasteiger partial charge in [-0.3, -0.25) is 14.3 Å². The van der Waals surface area contributed by atoms with Crippen LogP contribution in [-0.2, 0) is 16.1 Å². The number of nitrogens with zero attached hydrogens (tertiary/aromatic N) is 4. The van der Waals surface area contributed by atoms with Gasteiger partial charge in [-0.15, -0.1) is 0 Å². The van der Waals surface area contributed by atoms with E-state index >= 15 is 0 Å². The summed E-state index contributed by atoms with van der Waals surface area (Å²) < 4.78 is 2.03. The first-order valence-electron chi connectivity index (χ1n) is 10.2. The Bertz CT molecular complexity index is 651. The normalized spacial score (nSPS) is 22.7. The summed E-state index contributed by atoms with van der Waals surface area (Å²) in [5, 5.41) is 4.38. The highest BCUT2D eigenvalue weighted by Crippen LogP contribution is 2.33. The second-order valence-electron chi connectivity index (χ2n) is 8.38. The van der Waals surface area contributed by atoms with E-state index in [1.165, 1.54) is 5.56 Å². The molecule has 0 N–H and O–H groups in total. The van der Waals surface area contributed by atoms with E-state index in [4.69, 9.17) is 0 Å². The van der Waals surface area contributed by atoms with E-state index in [1.54, 1.807) is 0 Å². The third kappa shape index (κ3) is 3.94. The van der Waals surface area contributed by atoms with E-state index in [9.17, 15) is 9.59 Å². The Balaban J connectivity index is 1.22. The molecule has 0 unspecified atom stereocenters. The number of aromatic nitrogens is 2. The van der Waals surface area contributed by atoms with E-state index in [0.717, 1.165) is 71.2 Å². The molecule has 1 saturated carbocycles. The Morgan fingerprint density at radius 3 is 1.96 bits per heavy atom. The molecular weight excluding hydrogens is 328 g/mol. The summed E-state index contributed by atoms with van der Waals surface area (Å²) in [4.78, 5) is 29.0. The maximum absolute atomic E-state index is 12.8. The number of likely N-dealkylation sites (tertiary alicyclic amines) is 2. The van der Waals surface area contributed by atoms with Crippen molar-refractivity contribution in [3.63, 3.8) is 0 Å². The number of aryl methyl sites for hydroxylation is 1. The fraction of sp³-hybridized carbons (Fsp3) is 0.750. The van der Waals surface area contributed by atoms with Gasteiger partial charge in [0.05, 0.1) is 6.20 Å². The molecule has 6 heteroatoms. The molecule has 6 nitrogen and oxygen atoms in total. The van der Waals surface area contributed by atoms with Crippen molar-refractivity contribution in [1.29, 1.82) is 0 Å².